The number of methoxy groups -OCH3 is 1. The molecule has 28 heavy (non-hydrogen) atoms. The van der Waals surface area contributed by atoms with Crippen molar-refractivity contribution >= 4 is 33.2 Å². The van der Waals surface area contributed by atoms with Gasteiger partial charge in [0.25, 0.3) is 0 Å². The lowest BCUT2D eigenvalue weighted by atomic mass is 10.1. The van der Waals surface area contributed by atoms with E-state index in [0.717, 1.165) is 31.9 Å². The molecular formula is C22H20BrClFNO2. The maximum atomic E-state index is 13.0. The molecular weight excluding hydrogens is 445 g/mol. The zero-order valence-electron chi connectivity index (χ0n) is 15.6. The number of hydrogen-bond acceptors (Lipinski definition) is 3. The molecule has 3 aromatic carbocycles. The molecule has 0 spiro atoms. The lowest BCUT2D eigenvalue weighted by molar-refractivity contribution is 0.284. The number of nitrogens with one attached hydrogen (secondary N) is 1. The zero-order valence-corrected chi connectivity index (χ0v) is 17.9. The summed E-state index contributed by atoms with van der Waals surface area (Å²) in [6, 6.07) is 15.9. The molecule has 3 aromatic rings. The van der Waals surface area contributed by atoms with Crippen LogP contribution in [0.3, 0.4) is 0 Å². The van der Waals surface area contributed by atoms with Gasteiger partial charge in [0.15, 0.2) is 11.5 Å². The summed E-state index contributed by atoms with van der Waals surface area (Å²) in [4.78, 5) is 0. The highest BCUT2D eigenvalue weighted by atomic mass is 79.9. The highest BCUT2D eigenvalue weighted by molar-refractivity contribution is 9.10. The van der Waals surface area contributed by atoms with Gasteiger partial charge in [-0.2, -0.15) is 0 Å². The van der Waals surface area contributed by atoms with Gasteiger partial charge in [-0.05, 0) is 60.0 Å². The molecule has 146 valence electrons. The molecule has 6 heteroatoms. The van der Waals surface area contributed by atoms with Gasteiger partial charge < -0.3 is 14.8 Å². The van der Waals surface area contributed by atoms with E-state index in [2.05, 4.69) is 21.2 Å². The molecule has 1 N–H and O–H groups in total. The molecule has 0 bridgehead atoms. The monoisotopic (exact) mass is 463 g/mol. The van der Waals surface area contributed by atoms with Crippen LogP contribution in [0.4, 0.5) is 10.1 Å². The first-order valence-corrected chi connectivity index (χ1v) is 9.87. The van der Waals surface area contributed by atoms with E-state index in [1.165, 1.54) is 12.1 Å². The number of aryl methyl sites for hydroxylation is 1. The van der Waals surface area contributed by atoms with E-state index in [-0.39, 0.29) is 5.82 Å². The zero-order chi connectivity index (χ0) is 20.1. The highest BCUT2D eigenvalue weighted by Crippen LogP contribution is 2.34. The first-order chi connectivity index (χ1) is 13.5. The summed E-state index contributed by atoms with van der Waals surface area (Å²) in [5.41, 5.74) is 3.88. The number of rotatable bonds is 7. The van der Waals surface area contributed by atoms with Crippen LogP contribution in [-0.2, 0) is 13.2 Å². The fourth-order valence-corrected chi connectivity index (χ4v) is 3.27. The van der Waals surface area contributed by atoms with Gasteiger partial charge in [0.05, 0.1) is 7.11 Å². The Hall–Kier alpha value is -2.24. The molecule has 0 atom stereocenters. The molecule has 0 saturated carbocycles. The largest absolute Gasteiger partial charge is 0.493 e. The molecule has 0 aliphatic carbocycles. The third-order valence-corrected chi connectivity index (χ3v) is 5.44. The van der Waals surface area contributed by atoms with Crippen LogP contribution in [-0.4, -0.2) is 7.11 Å². The average Bonchev–Trinajstić information content (AvgIpc) is 2.69. The van der Waals surface area contributed by atoms with Crippen LogP contribution in [0.5, 0.6) is 11.5 Å². The number of ether oxygens (including phenoxy) is 2. The topological polar surface area (TPSA) is 30.5 Å². The van der Waals surface area contributed by atoms with Crippen LogP contribution >= 0.6 is 27.5 Å². The summed E-state index contributed by atoms with van der Waals surface area (Å²) >= 11 is 9.78. The van der Waals surface area contributed by atoms with Crippen LogP contribution in [0.15, 0.2) is 59.1 Å². The standard InChI is InChI=1S/C22H20BrClFNO2/c1-14-3-8-18(10-20(14)24)26-12-16-9-21(27-2)22(11-19(16)23)28-13-15-4-6-17(25)7-5-15/h3-11,26H,12-13H2,1-2H3. The van der Waals surface area contributed by atoms with E-state index in [9.17, 15) is 4.39 Å². The van der Waals surface area contributed by atoms with Crippen molar-refractivity contribution in [3.05, 3.63) is 86.6 Å². The van der Waals surface area contributed by atoms with Gasteiger partial charge in [0.2, 0.25) is 0 Å². The van der Waals surface area contributed by atoms with Gasteiger partial charge in [-0.1, -0.05) is 45.7 Å². The Morgan fingerprint density at radius 2 is 1.79 bits per heavy atom. The summed E-state index contributed by atoms with van der Waals surface area (Å²) in [6.07, 6.45) is 0. The minimum Gasteiger partial charge on any atom is -0.493 e. The Morgan fingerprint density at radius 3 is 2.46 bits per heavy atom. The van der Waals surface area contributed by atoms with Crippen molar-refractivity contribution in [2.45, 2.75) is 20.1 Å². The smallest absolute Gasteiger partial charge is 0.162 e. The quantitative estimate of drug-likeness (QED) is 0.419. The van der Waals surface area contributed by atoms with E-state index in [1.807, 2.05) is 37.3 Å². The Morgan fingerprint density at radius 1 is 1.04 bits per heavy atom. The third-order valence-electron chi connectivity index (χ3n) is 4.30. The minimum atomic E-state index is -0.268. The van der Waals surface area contributed by atoms with Crippen molar-refractivity contribution in [1.82, 2.24) is 0 Å². The first kappa shape index (κ1) is 20.5. The van der Waals surface area contributed by atoms with E-state index in [4.69, 9.17) is 21.1 Å². The third kappa shape index (κ3) is 5.18. The van der Waals surface area contributed by atoms with Crippen LogP contribution in [0.2, 0.25) is 5.02 Å². The number of anilines is 1. The van der Waals surface area contributed by atoms with Crippen LogP contribution in [0.1, 0.15) is 16.7 Å². The van der Waals surface area contributed by atoms with Crippen LogP contribution in [0.25, 0.3) is 0 Å². The number of hydrogen-bond donors (Lipinski definition) is 1. The molecule has 3 rings (SSSR count). The number of benzene rings is 3. The Labute approximate surface area is 177 Å². The Bertz CT molecular complexity index is 963. The van der Waals surface area contributed by atoms with E-state index in [0.29, 0.717) is 24.7 Å². The summed E-state index contributed by atoms with van der Waals surface area (Å²) in [7, 11) is 1.60. The van der Waals surface area contributed by atoms with Gasteiger partial charge in [0, 0.05) is 21.7 Å². The second kappa shape index (κ2) is 9.30. The van der Waals surface area contributed by atoms with Crippen molar-refractivity contribution in [3.8, 4) is 11.5 Å². The summed E-state index contributed by atoms with van der Waals surface area (Å²) < 4.78 is 25.3. The Kier molecular flexibility index (Phi) is 6.81. The molecule has 0 aromatic heterocycles. The van der Waals surface area contributed by atoms with E-state index >= 15 is 0 Å². The fraction of sp³-hybridized carbons (Fsp3) is 0.182. The predicted octanol–water partition coefficient (Wildman–Crippen LogP) is 6.75. The molecule has 0 radical (unpaired) electrons. The van der Waals surface area contributed by atoms with Gasteiger partial charge >= 0.3 is 0 Å². The van der Waals surface area contributed by atoms with Crippen molar-refractivity contribution in [3.63, 3.8) is 0 Å². The molecule has 0 aliphatic heterocycles. The van der Waals surface area contributed by atoms with Crippen LogP contribution in [0, 0.1) is 12.7 Å². The summed E-state index contributed by atoms with van der Waals surface area (Å²) in [5.74, 6) is 0.973. The van der Waals surface area contributed by atoms with E-state index in [1.54, 1.807) is 19.2 Å². The lowest BCUT2D eigenvalue weighted by Gasteiger charge is -2.15. The molecule has 0 heterocycles. The fourth-order valence-electron chi connectivity index (χ4n) is 2.63. The van der Waals surface area contributed by atoms with E-state index < -0.39 is 0 Å². The van der Waals surface area contributed by atoms with Crippen molar-refractivity contribution < 1.29 is 13.9 Å². The Balaban J connectivity index is 1.71. The SMILES string of the molecule is COc1cc(CNc2ccc(C)c(Cl)c2)c(Br)cc1OCc1ccc(F)cc1. The second-order valence-electron chi connectivity index (χ2n) is 6.33. The van der Waals surface area contributed by atoms with Crippen molar-refractivity contribution in [1.29, 1.82) is 0 Å². The normalized spacial score (nSPS) is 10.6. The maximum absolute atomic E-state index is 13.0. The molecule has 0 aliphatic rings. The van der Waals surface area contributed by atoms with Crippen molar-refractivity contribution in [2.75, 3.05) is 12.4 Å². The molecule has 0 fully saturated rings. The van der Waals surface area contributed by atoms with Gasteiger partial charge in [-0.3, -0.25) is 0 Å². The second-order valence-corrected chi connectivity index (χ2v) is 7.59. The average molecular weight is 465 g/mol. The number of halogens is 3. The van der Waals surface area contributed by atoms with Gasteiger partial charge in [-0.25, -0.2) is 4.39 Å². The lowest BCUT2D eigenvalue weighted by Crippen LogP contribution is -2.03. The highest BCUT2D eigenvalue weighted by Gasteiger charge is 2.11. The summed E-state index contributed by atoms with van der Waals surface area (Å²) in [6.45, 7) is 2.88. The molecule has 0 amide bonds. The summed E-state index contributed by atoms with van der Waals surface area (Å²) in [5, 5.41) is 4.09. The predicted molar refractivity (Wildman–Crippen MR) is 115 cm³/mol. The molecule has 0 unspecified atom stereocenters. The minimum absolute atomic E-state index is 0.268. The first-order valence-electron chi connectivity index (χ1n) is 8.70. The maximum Gasteiger partial charge on any atom is 0.162 e. The molecule has 3 nitrogen and oxygen atoms in total. The van der Waals surface area contributed by atoms with Crippen molar-refractivity contribution in [2.24, 2.45) is 0 Å². The van der Waals surface area contributed by atoms with Crippen LogP contribution < -0.4 is 14.8 Å². The van der Waals surface area contributed by atoms with Gasteiger partial charge in [-0.15, -0.1) is 0 Å². The van der Waals surface area contributed by atoms with Gasteiger partial charge in [0.1, 0.15) is 12.4 Å². The molecule has 0 saturated heterocycles.